The summed E-state index contributed by atoms with van der Waals surface area (Å²) < 4.78 is 0. The van der Waals surface area contributed by atoms with Gasteiger partial charge < -0.3 is 14.7 Å². The first-order valence-corrected chi connectivity index (χ1v) is 9.75. The topological polar surface area (TPSA) is 43.9 Å². The Morgan fingerprint density at radius 3 is 2.36 bits per heavy atom. The Balaban J connectivity index is 1.60. The van der Waals surface area contributed by atoms with Gasteiger partial charge in [-0.3, -0.25) is 9.59 Å². The minimum atomic E-state index is -0.216. The van der Waals surface area contributed by atoms with Crippen LogP contribution in [0.3, 0.4) is 0 Å². The molecule has 2 saturated heterocycles. The van der Waals surface area contributed by atoms with Crippen LogP contribution in [0.15, 0.2) is 0 Å². The van der Waals surface area contributed by atoms with E-state index in [9.17, 15) is 9.59 Å². The Bertz CT molecular complexity index is 418. The lowest BCUT2D eigenvalue weighted by Crippen LogP contribution is -2.55. The van der Waals surface area contributed by atoms with Gasteiger partial charge in [0.05, 0.1) is 5.88 Å². The number of amides is 2. The van der Waals surface area contributed by atoms with Crippen LogP contribution in [0.1, 0.15) is 32.6 Å². The highest BCUT2D eigenvalue weighted by Gasteiger charge is 2.40. The molecule has 0 aromatic heterocycles. The molecule has 2 aliphatic heterocycles. The molecular formula is C16H27N3O2S. The minimum Gasteiger partial charge on any atom is -0.338 e. The average Bonchev–Trinajstić information content (AvgIpc) is 3.25. The molecule has 0 spiro atoms. The van der Waals surface area contributed by atoms with Crippen LogP contribution in [-0.2, 0) is 9.59 Å². The van der Waals surface area contributed by atoms with Crippen molar-refractivity contribution in [2.45, 2.75) is 38.6 Å². The molecule has 3 aliphatic rings. The highest BCUT2D eigenvalue weighted by Crippen LogP contribution is 2.31. The molecule has 2 amide bonds. The number of carbonyl (C=O) groups excluding carboxylic acids is 2. The van der Waals surface area contributed by atoms with Gasteiger partial charge in [0.1, 0.15) is 6.04 Å². The third-order valence-electron chi connectivity index (χ3n) is 5.29. The van der Waals surface area contributed by atoms with E-state index in [1.807, 2.05) is 9.80 Å². The number of rotatable bonds is 3. The Kier molecular flexibility index (Phi) is 5.29. The molecule has 1 saturated carbocycles. The third-order valence-corrected chi connectivity index (χ3v) is 6.30. The zero-order chi connectivity index (χ0) is 15.5. The summed E-state index contributed by atoms with van der Waals surface area (Å²) in [7, 11) is 0. The SMILES string of the molecule is CCN1CCN(C(=O)[C@H]2CSCN2C(=O)C2CCCC2)CC1. The van der Waals surface area contributed by atoms with Gasteiger partial charge in [-0.25, -0.2) is 0 Å². The van der Waals surface area contributed by atoms with Crippen molar-refractivity contribution >= 4 is 23.6 Å². The van der Waals surface area contributed by atoms with E-state index in [-0.39, 0.29) is 23.8 Å². The smallest absolute Gasteiger partial charge is 0.246 e. The molecule has 5 nitrogen and oxygen atoms in total. The summed E-state index contributed by atoms with van der Waals surface area (Å²) in [5, 5.41) is 0. The molecule has 3 fully saturated rings. The fourth-order valence-electron chi connectivity index (χ4n) is 3.77. The highest BCUT2D eigenvalue weighted by atomic mass is 32.2. The summed E-state index contributed by atoms with van der Waals surface area (Å²) in [5.74, 6) is 2.04. The standard InChI is InChI=1S/C16H27N3O2S/c1-2-17-7-9-18(10-8-17)16(21)14-11-22-12-19(14)15(20)13-5-3-4-6-13/h13-14H,2-12H2,1H3/t14-/m1/s1. The molecule has 0 aromatic rings. The highest BCUT2D eigenvalue weighted by molar-refractivity contribution is 7.99. The van der Waals surface area contributed by atoms with Crippen molar-refractivity contribution in [3.05, 3.63) is 0 Å². The second kappa shape index (κ2) is 7.21. The molecule has 1 aliphatic carbocycles. The van der Waals surface area contributed by atoms with Crippen LogP contribution in [0.2, 0.25) is 0 Å². The number of nitrogens with zero attached hydrogens (tertiary/aromatic N) is 3. The maximum Gasteiger partial charge on any atom is 0.246 e. The van der Waals surface area contributed by atoms with Crippen molar-refractivity contribution in [3.63, 3.8) is 0 Å². The molecular weight excluding hydrogens is 298 g/mol. The maximum atomic E-state index is 12.8. The number of likely N-dealkylation sites (N-methyl/N-ethyl adjacent to an activating group) is 1. The van der Waals surface area contributed by atoms with Crippen molar-refractivity contribution in [2.24, 2.45) is 5.92 Å². The zero-order valence-electron chi connectivity index (χ0n) is 13.5. The molecule has 3 rings (SSSR count). The molecule has 124 valence electrons. The molecule has 2 heterocycles. The molecule has 6 heteroatoms. The summed E-state index contributed by atoms with van der Waals surface area (Å²) in [6, 6.07) is -0.216. The average molecular weight is 325 g/mol. The van der Waals surface area contributed by atoms with Crippen LogP contribution >= 0.6 is 11.8 Å². The monoisotopic (exact) mass is 325 g/mol. The fraction of sp³-hybridized carbons (Fsp3) is 0.875. The Morgan fingerprint density at radius 2 is 1.73 bits per heavy atom. The van der Waals surface area contributed by atoms with Gasteiger partial charge in [0.15, 0.2) is 0 Å². The van der Waals surface area contributed by atoms with Crippen LogP contribution < -0.4 is 0 Å². The maximum absolute atomic E-state index is 12.8. The quantitative estimate of drug-likeness (QED) is 0.783. The number of piperazine rings is 1. The molecule has 0 bridgehead atoms. The van der Waals surface area contributed by atoms with Crippen molar-refractivity contribution < 1.29 is 9.59 Å². The van der Waals surface area contributed by atoms with E-state index in [0.29, 0.717) is 5.88 Å². The fourth-order valence-corrected chi connectivity index (χ4v) is 4.92. The van der Waals surface area contributed by atoms with Crippen molar-refractivity contribution in [1.82, 2.24) is 14.7 Å². The molecule has 0 unspecified atom stereocenters. The number of hydrogen-bond donors (Lipinski definition) is 0. The van der Waals surface area contributed by atoms with Crippen LogP contribution in [0, 0.1) is 5.92 Å². The summed E-state index contributed by atoms with van der Waals surface area (Å²) in [5.41, 5.74) is 0. The predicted molar refractivity (Wildman–Crippen MR) is 88.6 cm³/mol. The van der Waals surface area contributed by atoms with Crippen molar-refractivity contribution in [3.8, 4) is 0 Å². The van der Waals surface area contributed by atoms with Crippen LogP contribution in [0.25, 0.3) is 0 Å². The zero-order valence-corrected chi connectivity index (χ0v) is 14.3. The number of carbonyl (C=O) groups is 2. The van der Waals surface area contributed by atoms with Gasteiger partial charge >= 0.3 is 0 Å². The first-order valence-electron chi connectivity index (χ1n) is 8.60. The Labute approximate surface area is 137 Å². The lowest BCUT2D eigenvalue weighted by molar-refractivity contribution is -0.146. The summed E-state index contributed by atoms with van der Waals surface area (Å²) in [4.78, 5) is 31.7. The van der Waals surface area contributed by atoms with E-state index in [4.69, 9.17) is 0 Å². The third kappa shape index (κ3) is 3.27. The Morgan fingerprint density at radius 1 is 1.05 bits per heavy atom. The van der Waals surface area contributed by atoms with E-state index in [1.165, 1.54) is 0 Å². The molecule has 1 atom stereocenters. The van der Waals surface area contributed by atoms with Gasteiger partial charge in [0.2, 0.25) is 11.8 Å². The van der Waals surface area contributed by atoms with Gasteiger partial charge in [-0.2, -0.15) is 0 Å². The van der Waals surface area contributed by atoms with Crippen LogP contribution in [-0.4, -0.2) is 76.9 Å². The molecule has 0 aromatic carbocycles. The van der Waals surface area contributed by atoms with E-state index in [2.05, 4.69) is 11.8 Å². The molecule has 0 N–H and O–H groups in total. The van der Waals surface area contributed by atoms with E-state index in [0.717, 1.165) is 64.2 Å². The first-order chi connectivity index (χ1) is 10.7. The van der Waals surface area contributed by atoms with Gasteiger partial charge in [0.25, 0.3) is 0 Å². The van der Waals surface area contributed by atoms with Crippen LogP contribution in [0.5, 0.6) is 0 Å². The second-order valence-corrected chi connectivity index (χ2v) is 7.56. The van der Waals surface area contributed by atoms with E-state index >= 15 is 0 Å². The first kappa shape index (κ1) is 16.1. The summed E-state index contributed by atoms with van der Waals surface area (Å²) in [6.45, 7) is 6.73. The molecule has 22 heavy (non-hydrogen) atoms. The van der Waals surface area contributed by atoms with Crippen LogP contribution in [0.4, 0.5) is 0 Å². The normalized spacial score (nSPS) is 27.6. The Hall–Kier alpha value is -0.750. The van der Waals surface area contributed by atoms with Gasteiger partial charge in [0, 0.05) is 37.8 Å². The van der Waals surface area contributed by atoms with Gasteiger partial charge in [-0.05, 0) is 19.4 Å². The lowest BCUT2D eigenvalue weighted by Gasteiger charge is -2.37. The van der Waals surface area contributed by atoms with Crippen molar-refractivity contribution in [1.29, 1.82) is 0 Å². The number of hydrogen-bond acceptors (Lipinski definition) is 4. The number of thioether (sulfide) groups is 1. The summed E-state index contributed by atoms with van der Waals surface area (Å²) >= 11 is 1.72. The minimum absolute atomic E-state index is 0.172. The molecule has 0 radical (unpaired) electrons. The van der Waals surface area contributed by atoms with E-state index < -0.39 is 0 Å². The largest absolute Gasteiger partial charge is 0.338 e. The van der Waals surface area contributed by atoms with E-state index in [1.54, 1.807) is 11.8 Å². The van der Waals surface area contributed by atoms with Gasteiger partial charge in [-0.15, -0.1) is 11.8 Å². The predicted octanol–water partition coefficient (Wildman–Crippen LogP) is 1.24. The second-order valence-electron chi connectivity index (χ2n) is 6.56. The summed E-state index contributed by atoms with van der Waals surface area (Å²) in [6.07, 6.45) is 4.34. The van der Waals surface area contributed by atoms with Crippen molar-refractivity contribution in [2.75, 3.05) is 44.4 Å². The lowest BCUT2D eigenvalue weighted by atomic mass is 10.1. The van der Waals surface area contributed by atoms with Gasteiger partial charge in [-0.1, -0.05) is 19.8 Å².